The van der Waals surface area contributed by atoms with E-state index in [1.807, 2.05) is 30.3 Å². The van der Waals surface area contributed by atoms with Crippen LogP contribution in [-0.4, -0.2) is 10.9 Å². The van der Waals surface area contributed by atoms with Crippen LogP contribution >= 0.6 is 22.6 Å². The number of benzene rings is 1. The van der Waals surface area contributed by atoms with Crippen molar-refractivity contribution < 1.29 is 9.53 Å². The molecule has 1 unspecified atom stereocenters. The van der Waals surface area contributed by atoms with Crippen molar-refractivity contribution in [2.75, 3.05) is 4.61 Å². The fourth-order valence-electron chi connectivity index (χ4n) is 0.925. The van der Waals surface area contributed by atoms with E-state index < -0.39 is 6.10 Å². The van der Waals surface area contributed by atoms with Gasteiger partial charge >= 0.3 is 0 Å². The Hall–Kier alpha value is -0.420. The Bertz CT molecular complexity index is 236. The van der Waals surface area contributed by atoms with Gasteiger partial charge in [0.05, 0.1) is 4.61 Å². The van der Waals surface area contributed by atoms with Crippen molar-refractivity contribution in [3.8, 4) is 0 Å². The summed E-state index contributed by atoms with van der Waals surface area (Å²) in [6.45, 7) is 0. The summed E-state index contributed by atoms with van der Waals surface area (Å²) in [7, 11) is 0. The molecule has 0 aromatic heterocycles. The molecule has 3 heteroatoms. The zero-order valence-electron chi connectivity index (χ0n) is 6.44. The fourth-order valence-corrected chi connectivity index (χ4v) is 1.31. The lowest BCUT2D eigenvalue weighted by Crippen LogP contribution is -2.03. The number of rotatable bonds is 4. The van der Waals surface area contributed by atoms with Gasteiger partial charge in [-0.05, 0) is 5.56 Å². The molecule has 0 saturated heterocycles. The molecule has 0 saturated carbocycles. The number of carbonyl (C=O) groups is 1. The van der Waals surface area contributed by atoms with Crippen LogP contribution in [0.4, 0.5) is 0 Å². The molecule has 0 radical (unpaired) electrons. The topological polar surface area (TPSA) is 26.3 Å². The van der Waals surface area contributed by atoms with Gasteiger partial charge in [0.15, 0.2) is 6.29 Å². The Kier molecular flexibility index (Phi) is 4.24. The highest BCUT2D eigenvalue weighted by Gasteiger charge is 2.07. The Labute approximate surface area is 85.1 Å². The molecule has 1 atom stereocenters. The van der Waals surface area contributed by atoms with Gasteiger partial charge in [0.25, 0.3) is 0 Å². The third kappa shape index (κ3) is 2.57. The Balaban J connectivity index is 2.73. The van der Waals surface area contributed by atoms with Crippen molar-refractivity contribution in [2.24, 2.45) is 0 Å². The molecule has 0 N–H and O–H groups in total. The maximum atomic E-state index is 10.6. The third-order valence-corrected chi connectivity index (χ3v) is 1.85. The molecule has 1 aromatic carbocycles. The van der Waals surface area contributed by atoms with Crippen molar-refractivity contribution in [3.05, 3.63) is 35.9 Å². The number of aldehydes is 1. The summed E-state index contributed by atoms with van der Waals surface area (Å²) in [6, 6.07) is 9.46. The van der Waals surface area contributed by atoms with Crippen LogP contribution in [0.25, 0.3) is 0 Å². The quantitative estimate of drug-likeness (QED) is 0.479. The van der Waals surface area contributed by atoms with Crippen LogP contribution in [0.1, 0.15) is 11.7 Å². The minimum atomic E-state index is -0.414. The first-order chi connectivity index (χ1) is 5.88. The molecule has 1 rings (SSSR count). The molecule has 0 bridgehead atoms. The maximum absolute atomic E-state index is 10.6. The lowest BCUT2D eigenvalue weighted by molar-refractivity contribution is -0.116. The summed E-state index contributed by atoms with van der Waals surface area (Å²) < 4.78 is 5.72. The van der Waals surface area contributed by atoms with Crippen LogP contribution < -0.4 is 0 Å². The zero-order chi connectivity index (χ0) is 8.81. The van der Waals surface area contributed by atoms with Crippen molar-refractivity contribution >= 4 is 28.9 Å². The van der Waals surface area contributed by atoms with Gasteiger partial charge in [0, 0.05) is 0 Å². The molecule has 2 nitrogen and oxygen atoms in total. The zero-order valence-corrected chi connectivity index (χ0v) is 8.60. The van der Waals surface area contributed by atoms with E-state index >= 15 is 0 Å². The van der Waals surface area contributed by atoms with Crippen LogP contribution in [0.5, 0.6) is 0 Å². The van der Waals surface area contributed by atoms with Crippen LogP contribution in [0.2, 0.25) is 0 Å². The summed E-state index contributed by atoms with van der Waals surface area (Å²) in [5, 5.41) is 0. The standard InChI is InChI=1S/C9H9IO2/c10-7-12-9(6-11)8-4-2-1-3-5-8/h1-6,9H,7H2. The number of carbonyl (C=O) groups excluding carboxylic acids is 1. The Morgan fingerprint density at radius 3 is 2.58 bits per heavy atom. The van der Waals surface area contributed by atoms with E-state index in [0.29, 0.717) is 4.61 Å². The number of alkyl halides is 1. The molecule has 0 aliphatic carbocycles. The van der Waals surface area contributed by atoms with E-state index in [1.54, 1.807) is 0 Å². The highest BCUT2D eigenvalue weighted by molar-refractivity contribution is 14.1. The largest absolute Gasteiger partial charge is 0.356 e. The molecular formula is C9H9IO2. The molecule has 0 fully saturated rings. The van der Waals surface area contributed by atoms with Crippen LogP contribution in [0, 0.1) is 0 Å². The number of hydrogen-bond acceptors (Lipinski definition) is 2. The summed E-state index contributed by atoms with van der Waals surface area (Å²) in [4.78, 5) is 10.6. The lowest BCUT2D eigenvalue weighted by atomic mass is 10.1. The summed E-state index contributed by atoms with van der Waals surface area (Å²) in [5.41, 5.74) is 0.907. The summed E-state index contributed by atoms with van der Waals surface area (Å²) in [6.07, 6.45) is 0.400. The van der Waals surface area contributed by atoms with Crippen LogP contribution in [-0.2, 0) is 9.53 Å². The van der Waals surface area contributed by atoms with Crippen LogP contribution in [0.3, 0.4) is 0 Å². The van der Waals surface area contributed by atoms with Gasteiger partial charge in [-0.25, -0.2) is 0 Å². The van der Waals surface area contributed by atoms with E-state index in [0.717, 1.165) is 11.8 Å². The van der Waals surface area contributed by atoms with Crippen molar-refractivity contribution in [1.82, 2.24) is 0 Å². The maximum Gasteiger partial charge on any atom is 0.153 e. The predicted octanol–water partition coefficient (Wildman–Crippen LogP) is 2.34. The first-order valence-electron chi connectivity index (χ1n) is 3.56. The third-order valence-electron chi connectivity index (χ3n) is 1.49. The average molecular weight is 276 g/mol. The van der Waals surface area contributed by atoms with Gasteiger partial charge < -0.3 is 9.53 Å². The van der Waals surface area contributed by atoms with E-state index in [1.165, 1.54) is 0 Å². The molecule has 64 valence electrons. The van der Waals surface area contributed by atoms with Crippen LogP contribution in [0.15, 0.2) is 30.3 Å². The van der Waals surface area contributed by atoms with Gasteiger partial charge in [-0.3, -0.25) is 0 Å². The smallest absolute Gasteiger partial charge is 0.153 e. The van der Waals surface area contributed by atoms with E-state index in [2.05, 4.69) is 22.6 Å². The van der Waals surface area contributed by atoms with Gasteiger partial charge in [0.2, 0.25) is 0 Å². The second kappa shape index (κ2) is 5.27. The fraction of sp³-hybridized carbons (Fsp3) is 0.222. The van der Waals surface area contributed by atoms with Crippen molar-refractivity contribution in [3.63, 3.8) is 0 Å². The van der Waals surface area contributed by atoms with Crippen molar-refractivity contribution in [2.45, 2.75) is 6.10 Å². The molecular weight excluding hydrogens is 267 g/mol. The normalized spacial score (nSPS) is 12.4. The highest BCUT2D eigenvalue weighted by atomic mass is 127. The first-order valence-corrected chi connectivity index (χ1v) is 5.09. The lowest BCUT2D eigenvalue weighted by Gasteiger charge is -2.08. The average Bonchev–Trinajstić information content (AvgIpc) is 2.15. The Morgan fingerprint density at radius 2 is 2.08 bits per heavy atom. The molecule has 12 heavy (non-hydrogen) atoms. The molecule has 0 spiro atoms. The molecule has 0 amide bonds. The molecule has 0 heterocycles. The van der Waals surface area contributed by atoms with Gasteiger partial charge in [-0.15, -0.1) is 0 Å². The summed E-state index contributed by atoms with van der Waals surface area (Å²) in [5.74, 6) is 0. The van der Waals surface area contributed by atoms with E-state index in [-0.39, 0.29) is 0 Å². The highest BCUT2D eigenvalue weighted by Crippen LogP contribution is 2.14. The predicted molar refractivity (Wildman–Crippen MR) is 55.2 cm³/mol. The molecule has 0 aliphatic heterocycles. The second-order valence-corrected chi connectivity index (χ2v) is 2.87. The first kappa shape index (κ1) is 9.67. The minimum Gasteiger partial charge on any atom is -0.356 e. The minimum absolute atomic E-state index is 0.414. The molecule has 1 aromatic rings. The van der Waals surface area contributed by atoms with Gasteiger partial charge in [-0.1, -0.05) is 52.9 Å². The SMILES string of the molecule is O=CC(OCI)c1ccccc1. The van der Waals surface area contributed by atoms with E-state index in [9.17, 15) is 4.79 Å². The van der Waals surface area contributed by atoms with Crippen molar-refractivity contribution in [1.29, 1.82) is 0 Å². The second-order valence-electron chi connectivity index (χ2n) is 2.24. The molecule has 0 aliphatic rings. The van der Waals surface area contributed by atoms with Gasteiger partial charge in [-0.2, -0.15) is 0 Å². The number of halogens is 1. The summed E-state index contributed by atoms with van der Waals surface area (Å²) >= 11 is 2.07. The number of hydrogen-bond donors (Lipinski definition) is 0. The Morgan fingerprint density at radius 1 is 1.42 bits per heavy atom. The number of ether oxygens (including phenoxy) is 1. The van der Waals surface area contributed by atoms with E-state index in [4.69, 9.17) is 4.74 Å². The van der Waals surface area contributed by atoms with Gasteiger partial charge in [0.1, 0.15) is 6.10 Å². The monoisotopic (exact) mass is 276 g/mol.